The largest absolute Gasteiger partial charge is 0.455 e. The molecule has 0 saturated carbocycles. The van der Waals surface area contributed by atoms with Crippen LogP contribution in [-0.4, -0.2) is 0 Å². The van der Waals surface area contributed by atoms with Gasteiger partial charge in [-0.05, 0) is 81.4 Å². The molecule has 0 saturated heterocycles. The van der Waals surface area contributed by atoms with Crippen molar-refractivity contribution >= 4 is 82.5 Å². The SMILES string of the molecule is c1cc(-c2cccc3ccccc23)cc(N(c2cccc(-c3cccc4c3oc3ccccc34)c2)c2cccc3oc4c5ccccc5ccc4c23)c1. The number of fused-ring (bicyclic) bond motifs is 9. The Morgan fingerprint density at radius 1 is 0.340 bits per heavy atom. The first kappa shape index (κ1) is 29.6. The number of anilines is 3. The second kappa shape index (κ2) is 11.7. The van der Waals surface area contributed by atoms with Gasteiger partial charge in [0.05, 0.1) is 11.1 Å². The van der Waals surface area contributed by atoms with Crippen molar-refractivity contribution in [2.24, 2.45) is 0 Å². The molecule has 0 atom stereocenters. The second-order valence-electron chi connectivity index (χ2n) is 13.7. The fourth-order valence-corrected chi connectivity index (χ4v) is 8.23. The van der Waals surface area contributed by atoms with Crippen LogP contribution >= 0.6 is 0 Å². The van der Waals surface area contributed by atoms with Crippen LogP contribution in [0.5, 0.6) is 0 Å². The zero-order chi connectivity index (χ0) is 34.9. The molecule has 0 fully saturated rings. The Bertz CT molecular complexity index is 3200. The lowest BCUT2D eigenvalue weighted by Crippen LogP contribution is -2.10. The number of furan rings is 2. The lowest BCUT2D eigenvalue weighted by atomic mass is 9.97. The second-order valence-corrected chi connectivity index (χ2v) is 13.7. The predicted octanol–water partition coefficient (Wildman–Crippen LogP) is 14.6. The fraction of sp³-hybridized carbons (Fsp3) is 0. The first-order chi connectivity index (χ1) is 26.3. The van der Waals surface area contributed by atoms with E-state index in [4.69, 9.17) is 8.83 Å². The molecule has 53 heavy (non-hydrogen) atoms. The highest BCUT2D eigenvalue weighted by Gasteiger charge is 2.22. The summed E-state index contributed by atoms with van der Waals surface area (Å²) in [5.41, 5.74) is 11.2. The third-order valence-corrected chi connectivity index (χ3v) is 10.6. The van der Waals surface area contributed by atoms with E-state index < -0.39 is 0 Å². The summed E-state index contributed by atoms with van der Waals surface area (Å²) < 4.78 is 13.2. The van der Waals surface area contributed by atoms with Crippen LogP contribution in [0.25, 0.3) is 87.7 Å². The van der Waals surface area contributed by atoms with Crippen LogP contribution in [0.2, 0.25) is 0 Å². The first-order valence-corrected chi connectivity index (χ1v) is 18.0. The number of nitrogens with zero attached hydrogens (tertiary/aromatic N) is 1. The van der Waals surface area contributed by atoms with Gasteiger partial charge in [0, 0.05) is 38.5 Å². The summed E-state index contributed by atoms with van der Waals surface area (Å²) in [6.45, 7) is 0. The van der Waals surface area contributed by atoms with Gasteiger partial charge in [-0.25, -0.2) is 0 Å². The van der Waals surface area contributed by atoms with Gasteiger partial charge >= 0.3 is 0 Å². The molecule has 248 valence electrons. The van der Waals surface area contributed by atoms with Crippen LogP contribution in [0.1, 0.15) is 0 Å². The van der Waals surface area contributed by atoms with Crippen LogP contribution in [-0.2, 0) is 0 Å². The maximum absolute atomic E-state index is 6.70. The molecule has 0 spiro atoms. The molecular formula is C50H31NO2. The van der Waals surface area contributed by atoms with Gasteiger partial charge in [-0.3, -0.25) is 0 Å². The van der Waals surface area contributed by atoms with E-state index in [1.54, 1.807) is 0 Å². The summed E-state index contributed by atoms with van der Waals surface area (Å²) in [6, 6.07) is 66.8. The smallest absolute Gasteiger partial charge is 0.143 e. The average molecular weight is 678 g/mol. The first-order valence-electron chi connectivity index (χ1n) is 18.0. The number of para-hydroxylation sites is 2. The summed E-state index contributed by atoms with van der Waals surface area (Å²) in [5, 5.41) is 9.13. The minimum absolute atomic E-state index is 0.854. The van der Waals surface area contributed by atoms with Crippen molar-refractivity contribution in [2.45, 2.75) is 0 Å². The van der Waals surface area contributed by atoms with Crippen molar-refractivity contribution in [1.29, 1.82) is 0 Å². The van der Waals surface area contributed by atoms with Crippen molar-refractivity contribution in [2.75, 3.05) is 4.90 Å². The molecule has 3 heteroatoms. The van der Waals surface area contributed by atoms with E-state index in [0.29, 0.717) is 0 Å². The predicted molar refractivity (Wildman–Crippen MR) is 222 cm³/mol. The molecule has 0 unspecified atom stereocenters. The van der Waals surface area contributed by atoms with Gasteiger partial charge in [0.15, 0.2) is 0 Å². The average Bonchev–Trinajstić information content (AvgIpc) is 3.80. The Balaban J connectivity index is 1.16. The molecule has 0 bridgehead atoms. The highest BCUT2D eigenvalue weighted by Crippen LogP contribution is 2.46. The molecule has 0 aliphatic heterocycles. The highest BCUT2D eigenvalue weighted by atomic mass is 16.3. The molecule has 3 nitrogen and oxygen atoms in total. The summed E-state index contributed by atoms with van der Waals surface area (Å²) >= 11 is 0. The van der Waals surface area contributed by atoms with Crippen LogP contribution in [0, 0.1) is 0 Å². The normalized spacial score (nSPS) is 11.8. The molecule has 0 aliphatic carbocycles. The van der Waals surface area contributed by atoms with E-state index in [0.717, 1.165) is 88.4 Å². The van der Waals surface area contributed by atoms with Crippen LogP contribution in [0.3, 0.4) is 0 Å². The molecule has 0 aliphatic rings. The molecule has 0 N–H and O–H groups in total. The fourth-order valence-electron chi connectivity index (χ4n) is 8.23. The molecule has 9 aromatic carbocycles. The Labute approximate surface area is 305 Å². The van der Waals surface area contributed by atoms with Crippen molar-refractivity contribution in [1.82, 2.24) is 0 Å². The zero-order valence-corrected chi connectivity index (χ0v) is 28.7. The van der Waals surface area contributed by atoms with Gasteiger partial charge in [-0.2, -0.15) is 0 Å². The Morgan fingerprint density at radius 2 is 0.906 bits per heavy atom. The molecule has 0 amide bonds. The van der Waals surface area contributed by atoms with E-state index in [-0.39, 0.29) is 0 Å². The Morgan fingerprint density at radius 3 is 1.74 bits per heavy atom. The number of rotatable bonds is 5. The van der Waals surface area contributed by atoms with Crippen molar-refractivity contribution in [3.63, 3.8) is 0 Å². The number of hydrogen-bond acceptors (Lipinski definition) is 3. The van der Waals surface area contributed by atoms with E-state index >= 15 is 0 Å². The number of hydrogen-bond donors (Lipinski definition) is 0. The minimum Gasteiger partial charge on any atom is -0.455 e. The van der Waals surface area contributed by atoms with Gasteiger partial charge in [0.2, 0.25) is 0 Å². The van der Waals surface area contributed by atoms with Gasteiger partial charge in [-0.15, -0.1) is 0 Å². The van der Waals surface area contributed by atoms with E-state index in [1.165, 1.54) is 16.3 Å². The zero-order valence-electron chi connectivity index (χ0n) is 28.7. The molecule has 2 aromatic heterocycles. The topological polar surface area (TPSA) is 29.5 Å². The minimum atomic E-state index is 0.854. The standard InChI is InChI=1S/C50H31NO2/c1-3-19-38-32(12-1)14-9-22-39(38)34-15-7-17-36(30-34)51(45-25-11-27-47-48(45)44-29-28-33-13-2-4-20-40(33)50(44)53-47)37-18-8-16-35(31-37)41-23-10-24-43-42-21-5-6-26-46(42)52-49(41)43/h1-31H. The van der Waals surface area contributed by atoms with Crippen molar-refractivity contribution < 1.29 is 8.83 Å². The summed E-state index contributed by atoms with van der Waals surface area (Å²) in [5.74, 6) is 0. The lowest BCUT2D eigenvalue weighted by Gasteiger charge is -2.27. The summed E-state index contributed by atoms with van der Waals surface area (Å²) in [4.78, 5) is 2.38. The van der Waals surface area contributed by atoms with Crippen LogP contribution in [0.4, 0.5) is 17.1 Å². The van der Waals surface area contributed by atoms with Gasteiger partial charge in [0.25, 0.3) is 0 Å². The molecular weight excluding hydrogens is 647 g/mol. The molecule has 11 rings (SSSR count). The monoisotopic (exact) mass is 677 g/mol. The Kier molecular flexibility index (Phi) is 6.55. The lowest BCUT2D eigenvalue weighted by molar-refractivity contribution is 0.670. The Hall–Kier alpha value is -7.10. The molecule has 0 radical (unpaired) electrons. The van der Waals surface area contributed by atoms with Gasteiger partial charge < -0.3 is 13.7 Å². The van der Waals surface area contributed by atoms with Crippen molar-refractivity contribution in [3.05, 3.63) is 188 Å². The third kappa shape index (κ3) is 4.68. The quantitative estimate of drug-likeness (QED) is 0.182. The highest BCUT2D eigenvalue weighted by molar-refractivity contribution is 6.20. The van der Waals surface area contributed by atoms with E-state index in [1.807, 2.05) is 12.1 Å². The van der Waals surface area contributed by atoms with Gasteiger partial charge in [0.1, 0.15) is 22.3 Å². The maximum atomic E-state index is 6.70. The molecule has 2 heterocycles. The van der Waals surface area contributed by atoms with E-state index in [2.05, 4.69) is 181 Å². The maximum Gasteiger partial charge on any atom is 0.143 e. The van der Waals surface area contributed by atoms with Crippen molar-refractivity contribution in [3.8, 4) is 22.3 Å². The van der Waals surface area contributed by atoms with E-state index in [9.17, 15) is 0 Å². The van der Waals surface area contributed by atoms with Gasteiger partial charge in [-0.1, -0.05) is 140 Å². The third-order valence-electron chi connectivity index (χ3n) is 10.6. The van der Waals surface area contributed by atoms with Crippen LogP contribution in [0.15, 0.2) is 197 Å². The van der Waals surface area contributed by atoms with Crippen LogP contribution < -0.4 is 4.90 Å². The summed E-state index contributed by atoms with van der Waals surface area (Å²) in [7, 11) is 0. The summed E-state index contributed by atoms with van der Waals surface area (Å²) in [6.07, 6.45) is 0. The number of benzene rings is 9. The molecule has 11 aromatic rings.